The SMILES string of the molecule is Cc1ccc(NC(=O)Cc2nnc(S[C@H](C)C(=O)Nc3nccs3)n2C)cc1. The minimum absolute atomic E-state index is 0.0949. The average Bonchev–Trinajstić information content (AvgIpc) is 3.29. The lowest BCUT2D eigenvalue weighted by molar-refractivity contribution is -0.116. The van der Waals surface area contributed by atoms with Gasteiger partial charge >= 0.3 is 0 Å². The van der Waals surface area contributed by atoms with Crippen LogP contribution in [0.25, 0.3) is 0 Å². The van der Waals surface area contributed by atoms with Crippen molar-refractivity contribution in [2.45, 2.75) is 30.7 Å². The quantitative estimate of drug-likeness (QED) is 0.574. The normalized spacial score (nSPS) is 11.8. The molecular weight excluding hydrogens is 396 g/mol. The Bertz CT molecular complexity index is 953. The molecule has 28 heavy (non-hydrogen) atoms. The Morgan fingerprint density at radius 3 is 2.64 bits per heavy atom. The zero-order valence-electron chi connectivity index (χ0n) is 15.7. The molecule has 2 heterocycles. The van der Waals surface area contributed by atoms with E-state index in [2.05, 4.69) is 25.8 Å². The summed E-state index contributed by atoms with van der Waals surface area (Å²) in [5.74, 6) is 0.187. The number of hydrogen-bond acceptors (Lipinski definition) is 7. The van der Waals surface area contributed by atoms with E-state index in [9.17, 15) is 9.59 Å². The largest absolute Gasteiger partial charge is 0.326 e. The first-order valence-corrected chi connectivity index (χ1v) is 10.3. The van der Waals surface area contributed by atoms with E-state index in [0.29, 0.717) is 16.1 Å². The molecule has 3 aromatic rings. The van der Waals surface area contributed by atoms with Crippen molar-refractivity contribution in [3.05, 3.63) is 47.2 Å². The highest BCUT2D eigenvalue weighted by molar-refractivity contribution is 8.00. The first kappa shape index (κ1) is 20.0. The van der Waals surface area contributed by atoms with Gasteiger partial charge in [0.2, 0.25) is 11.8 Å². The number of amides is 2. The molecule has 0 bridgehead atoms. The van der Waals surface area contributed by atoms with Crippen LogP contribution in [-0.2, 0) is 23.1 Å². The van der Waals surface area contributed by atoms with Crippen LogP contribution < -0.4 is 10.6 Å². The van der Waals surface area contributed by atoms with Gasteiger partial charge in [0.25, 0.3) is 0 Å². The topological polar surface area (TPSA) is 102 Å². The van der Waals surface area contributed by atoms with Gasteiger partial charge in [-0.3, -0.25) is 9.59 Å². The van der Waals surface area contributed by atoms with Crippen LogP contribution in [0.4, 0.5) is 10.8 Å². The molecule has 0 aliphatic rings. The number of thiazole rings is 1. The molecule has 0 radical (unpaired) electrons. The van der Waals surface area contributed by atoms with Gasteiger partial charge in [-0.15, -0.1) is 21.5 Å². The van der Waals surface area contributed by atoms with Crippen LogP contribution in [0.5, 0.6) is 0 Å². The van der Waals surface area contributed by atoms with Gasteiger partial charge in [0, 0.05) is 24.3 Å². The Morgan fingerprint density at radius 2 is 1.96 bits per heavy atom. The maximum Gasteiger partial charge on any atom is 0.239 e. The Balaban J connectivity index is 1.57. The van der Waals surface area contributed by atoms with Crippen LogP contribution >= 0.6 is 23.1 Å². The van der Waals surface area contributed by atoms with E-state index in [-0.39, 0.29) is 23.5 Å². The summed E-state index contributed by atoms with van der Waals surface area (Å²) in [6, 6.07) is 7.58. The minimum atomic E-state index is -0.388. The molecule has 1 atom stereocenters. The second-order valence-corrected chi connectivity index (χ2v) is 8.34. The lowest BCUT2D eigenvalue weighted by Gasteiger charge is -2.10. The van der Waals surface area contributed by atoms with Gasteiger partial charge in [-0.05, 0) is 26.0 Å². The maximum atomic E-state index is 12.3. The molecule has 10 heteroatoms. The fourth-order valence-corrected chi connectivity index (χ4v) is 3.66. The summed E-state index contributed by atoms with van der Waals surface area (Å²) in [4.78, 5) is 28.6. The number of hydrogen-bond donors (Lipinski definition) is 2. The Kier molecular flexibility index (Phi) is 6.42. The second kappa shape index (κ2) is 8.98. The van der Waals surface area contributed by atoms with Crippen molar-refractivity contribution in [2.75, 3.05) is 10.6 Å². The van der Waals surface area contributed by atoms with Crippen LogP contribution in [0.2, 0.25) is 0 Å². The fourth-order valence-electron chi connectivity index (χ4n) is 2.29. The van der Waals surface area contributed by atoms with Crippen LogP contribution in [0.3, 0.4) is 0 Å². The lowest BCUT2D eigenvalue weighted by Crippen LogP contribution is -2.22. The van der Waals surface area contributed by atoms with Crippen LogP contribution in [0, 0.1) is 6.92 Å². The molecule has 0 aliphatic heterocycles. The van der Waals surface area contributed by atoms with Crippen molar-refractivity contribution < 1.29 is 9.59 Å². The Morgan fingerprint density at radius 1 is 1.21 bits per heavy atom. The highest BCUT2D eigenvalue weighted by Gasteiger charge is 2.20. The minimum Gasteiger partial charge on any atom is -0.326 e. The summed E-state index contributed by atoms with van der Waals surface area (Å²) in [6.45, 7) is 3.77. The van der Waals surface area contributed by atoms with Gasteiger partial charge in [-0.2, -0.15) is 0 Å². The molecule has 3 rings (SSSR count). The number of benzene rings is 1. The summed E-state index contributed by atoms with van der Waals surface area (Å²) in [6.07, 6.45) is 1.73. The zero-order chi connectivity index (χ0) is 20.1. The van der Waals surface area contributed by atoms with Crippen molar-refractivity contribution in [2.24, 2.45) is 7.05 Å². The van der Waals surface area contributed by atoms with Crippen molar-refractivity contribution in [3.63, 3.8) is 0 Å². The zero-order valence-corrected chi connectivity index (χ0v) is 17.3. The fraction of sp³-hybridized carbons (Fsp3) is 0.278. The molecule has 2 aromatic heterocycles. The van der Waals surface area contributed by atoms with Gasteiger partial charge < -0.3 is 15.2 Å². The summed E-state index contributed by atoms with van der Waals surface area (Å²) < 4.78 is 1.73. The van der Waals surface area contributed by atoms with Crippen molar-refractivity contribution in [1.29, 1.82) is 0 Å². The van der Waals surface area contributed by atoms with Gasteiger partial charge in [0.05, 0.1) is 11.7 Å². The number of carbonyl (C=O) groups excluding carboxylic acids is 2. The first-order valence-electron chi connectivity index (χ1n) is 8.54. The van der Waals surface area contributed by atoms with Gasteiger partial charge in [0.1, 0.15) is 5.82 Å². The molecule has 1 aromatic carbocycles. The smallest absolute Gasteiger partial charge is 0.239 e. The monoisotopic (exact) mass is 416 g/mol. The van der Waals surface area contributed by atoms with Gasteiger partial charge in [0.15, 0.2) is 10.3 Å². The maximum absolute atomic E-state index is 12.3. The molecular formula is C18H20N6O2S2. The van der Waals surface area contributed by atoms with E-state index in [1.165, 1.54) is 23.1 Å². The first-order chi connectivity index (χ1) is 13.4. The lowest BCUT2D eigenvalue weighted by atomic mass is 10.2. The predicted molar refractivity (Wildman–Crippen MR) is 111 cm³/mol. The third-order valence-corrected chi connectivity index (χ3v) is 5.72. The molecule has 0 spiro atoms. The van der Waals surface area contributed by atoms with Crippen LogP contribution in [0.1, 0.15) is 18.3 Å². The van der Waals surface area contributed by atoms with Gasteiger partial charge in [-0.1, -0.05) is 29.5 Å². The van der Waals surface area contributed by atoms with E-state index >= 15 is 0 Å². The number of aromatic nitrogens is 4. The van der Waals surface area contributed by atoms with Crippen LogP contribution in [-0.4, -0.2) is 36.8 Å². The van der Waals surface area contributed by atoms with Crippen LogP contribution in [0.15, 0.2) is 41.0 Å². The van der Waals surface area contributed by atoms with E-state index < -0.39 is 0 Å². The van der Waals surface area contributed by atoms with E-state index in [1.54, 1.807) is 30.1 Å². The molecule has 0 saturated carbocycles. The summed E-state index contributed by atoms with van der Waals surface area (Å²) in [7, 11) is 1.78. The third-order valence-electron chi connectivity index (χ3n) is 3.89. The van der Waals surface area contributed by atoms with E-state index in [0.717, 1.165) is 11.3 Å². The van der Waals surface area contributed by atoms with Crippen molar-refractivity contribution >= 4 is 45.7 Å². The second-order valence-electron chi connectivity index (χ2n) is 6.14. The molecule has 146 valence electrons. The number of thioether (sulfide) groups is 1. The molecule has 0 fully saturated rings. The number of nitrogens with one attached hydrogen (secondary N) is 2. The summed E-state index contributed by atoms with van der Waals surface area (Å²) >= 11 is 2.64. The molecule has 2 amide bonds. The number of anilines is 2. The summed E-state index contributed by atoms with van der Waals surface area (Å²) in [5, 5.41) is 16.3. The standard InChI is InChI=1S/C18H20N6O2S2/c1-11-4-6-13(7-5-11)20-15(25)10-14-22-23-18(24(14)3)28-12(2)16(26)21-17-19-8-9-27-17/h4-9,12H,10H2,1-3H3,(H,20,25)(H,19,21,26)/t12-/m1/s1. The van der Waals surface area contributed by atoms with Gasteiger partial charge in [-0.25, -0.2) is 4.98 Å². The number of carbonyl (C=O) groups is 2. The number of aryl methyl sites for hydroxylation is 1. The highest BCUT2D eigenvalue weighted by atomic mass is 32.2. The molecule has 8 nitrogen and oxygen atoms in total. The number of rotatable bonds is 7. The average molecular weight is 417 g/mol. The molecule has 0 saturated heterocycles. The number of nitrogens with zero attached hydrogens (tertiary/aromatic N) is 4. The molecule has 0 aliphatic carbocycles. The van der Waals surface area contributed by atoms with Crippen molar-refractivity contribution in [1.82, 2.24) is 19.7 Å². The predicted octanol–water partition coefficient (Wildman–Crippen LogP) is 2.88. The molecule has 0 unspecified atom stereocenters. The molecule has 2 N–H and O–H groups in total. The van der Waals surface area contributed by atoms with Crippen molar-refractivity contribution in [3.8, 4) is 0 Å². The van der Waals surface area contributed by atoms with E-state index in [1.807, 2.05) is 31.2 Å². The third kappa shape index (κ3) is 5.17. The Hall–Kier alpha value is -2.72. The summed E-state index contributed by atoms with van der Waals surface area (Å²) in [5.41, 5.74) is 1.86. The highest BCUT2D eigenvalue weighted by Crippen LogP contribution is 2.23. The van der Waals surface area contributed by atoms with E-state index in [4.69, 9.17) is 0 Å². The Labute approximate surface area is 170 Å².